The minimum absolute atomic E-state index is 0.0898. The molecule has 1 amide bonds. The number of amides is 1. The molecule has 164 valence electrons. The molecule has 1 saturated heterocycles. The Morgan fingerprint density at radius 2 is 1.87 bits per heavy atom. The molecule has 2 aromatic carbocycles. The Hall–Kier alpha value is -2.40. The van der Waals surface area contributed by atoms with Crippen molar-refractivity contribution in [1.29, 1.82) is 0 Å². The number of nitrogens with zero attached hydrogens (tertiary/aromatic N) is 1. The summed E-state index contributed by atoms with van der Waals surface area (Å²) in [5.74, 6) is 0.345. The van der Waals surface area contributed by atoms with Gasteiger partial charge in [-0.15, -0.1) is 0 Å². The third-order valence-corrected chi connectivity index (χ3v) is 6.64. The first kappa shape index (κ1) is 21.8. The molecule has 4 nitrogen and oxygen atoms in total. The second kappa shape index (κ2) is 9.39. The summed E-state index contributed by atoms with van der Waals surface area (Å²) in [5, 5.41) is 0.632. The predicted molar refractivity (Wildman–Crippen MR) is 118 cm³/mol. The molecule has 31 heavy (non-hydrogen) atoms. The van der Waals surface area contributed by atoms with E-state index in [9.17, 15) is 14.0 Å². The minimum Gasteiger partial charge on any atom is -0.497 e. The molecule has 2 aliphatic rings. The van der Waals surface area contributed by atoms with E-state index in [-0.39, 0.29) is 35.3 Å². The quantitative estimate of drug-likeness (QED) is 0.602. The first-order valence-corrected chi connectivity index (χ1v) is 11.2. The molecule has 1 aliphatic carbocycles. The van der Waals surface area contributed by atoms with E-state index in [1.54, 1.807) is 24.3 Å². The lowest BCUT2D eigenvalue weighted by molar-refractivity contribution is -0.135. The van der Waals surface area contributed by atoms with Crippen molar-refractivity contribution in [3.05, 3.63) is 64.4 Å². The van der Waals surface area contributed by atoms with E-state index in [4.69, 9.17) is 16.3 Å². The van der Waals surface area contributed by atoms with Crippen molar-refractivity contribution in [3.63, 3.8) is 0 Å². The van der Waals surface area contributed by atoms with Gasteiger partial charge in [-0.05, 0) is 60.4 Å². The van der Waals surface area contributed by atoms with Gasteiger partial charge in [0, 0.05) is 42.9 Å². The fourth-order valence-electron chi connectivity index (χ4n) is 4.57. The third kappa shape index (κ3) is 5.27. The molecule has 1 saturated carbocycles. The average Bonchev–Trinajstić information content (AvgIpc) is 3.60. The molecule has 0 bridgehead atoms. The van der Waals surface area contributed by atoms with Crippen molar-refractivity contribution in [3.8, 4) is 5.75 Å². The van der Waals surface area contributed by atoms with Crippen LogP contribution in [-0.4, -0.2) is 36.8 Å². The summed E-state index contributed by atoms with van der Waals surface area (Å²) in [6, 6.07) is 12.2. The molecule has 2 aromatic rings. The van der Waals surface area contributed by atoms with Crippen molar-refractivity contribution in [2.45, 2.75) is 38.0 Å². The van der Waals surface area contributed by atoms with Gasteiger partial charge in [0.25, 0.3) is 0 Å². The maximum absolute atomic E-state index is 14.9. The highest BCUT2D eigenvalue weighted by atomic mass is 35.5. The van der Waals surface area contributed by atoms with E-state index in [1.807, 2.05) is 17.0 Å². The number of benzene rings is 2. The minimum atomic E-state index is -0.318. The first-order valence-electron chi connectivity index (χ1n) is 10.8. The molecule has 4 rings (SSSR count). The van der Waals surface area contributed by atoms with E-state index in [0.717, 1.165) is 18.4 Å². The Kier molecular flexibility index (Phi) is 6.61. The zero-order valence-corrected chi connectivity index (χ0v) is 18.4. The van der Waals surface area contributed by atoms with Crippen molar-refractivity contribution in [1.82, 2.24) is 4.90 Å². The summed E-state index contributed by atoms with van der Waals surface area (Å²) >= 11 is 5.94. The molecule has 2 fully saturated rings. The largest absolute Gasteiger partial charge is 0.497 e. The van der Waals surface area contributed by atoms with Crippen LogP contribution in [-0.2, 0) is 16.0 Å². The lowest BCUT2D eigenvalue weighted by atomic mass is 9.77. The van der Waals surface area contributed by atoms with Crippen molar-refractivity contribution in [2.24, 2.45) is 11.8 Å². The number of halogens is 2. The fraction of sp³-hybridized carbons (Fsp3) is 0.440. The van der Waals surface area contributed by atoms with E-state index in [2.05, 4.69) is 0 Å². The van der Waals surface area contributed by atoms with Crippen LogP contribution in [0.1, 0.15) is 42.7 Å². The number of hydrogen-bond donors (Lipinski definition) is 0. The number of hydrogen-bond acceptors (Lipinski definition) is 3. The van der Waals surface area contributed by atoms with Gasteiger partial charge in [-0.3, -0.25) is 9.59 Å². The van der Waals surface area contributed by atoms with E-state index in [0.29, 0.717) is 48.7 Å². The van der Waals surface area contributed by atoms with Crippen molar-refractivity contribution >= 4 is 23.3 Å². The average molecular weight is 444 g/mol. The van der Waals surface area contributed by atoms with Crippen molar-refractivity contribution in [2.75, 3.05) is 20.2 Å². The molecule has 0 N–H and O–H groups in total. The summed E-state index contributed by atoms with van der Waals surface area (Å²) < 4.78 is 20.0. The van der Waals surface area contributed by atoms with Gasteiger partial charge in [-0.25, -0.2) is 4.39 Å². The Bertz CT molecular complexity index is 958. The Morgan fingerprint density at radius 3 is 2.52 bits per heavy atom. The third-order valence-electron chi connectivity index (χ3n) is 6.38. The van der Waals surface area contributed by atoms with Crippen LogP contribution in [0.5, 0.6) is 5.75 Å². The van der Waals surface area contributed by atoms with Crippen LogP contribution in [0.15, 0.2) is 42.5 Å². The van der Waals surface area contributed by atoms with Gasteiger partial charge in [0.1, 0.15) is 17.3 Å². The molecule has 0 spiro atoms. The molecule has 0 radical (unpaired) electrons. The number of rotatable bonds is 7. The van der Waals surface area contributed by atoms with E-state index >= 15 is 0 Å². The number of Topliss-reactive ketones (excluding diaryl/α,β-unsaturated/α-hetero) is 1. The Labute approximate surface area is 187 Å². The highest BCUT2D eigenvalue weighted by Crippen LogP contribution is 2.40. The summed E-state index contributed by atoms with van der Waals surface area (Å²) in [7, 11) is 1.51. The number of ether oxygens (including phenoxy) is 1. The summed E-state index contributed by atoms with van der Waals surface area (Å²) in [5.41, 5.74) is 1.51. The highest BCUT2D eigenvalue weighted by molar-refractivity contribution is 6.30. The summed E-state index contributed by atoms with van der Waals surface area (Å²) in [4.78, 5) is 27.4. The molecular weight excluding hydrogens is 417 g/mol. The zero-order valence-electron chi connectivity index (χ0n) is 17.7. The zero-order chi connectivity index (χ0) is 22.0. The van der Waals surface area contributed by atoms with Crippen molar-refractivity contribution < 1.29 is 18.7 Å². The summed E-state index contributed by atoms with van der Waals surface area (Å²) in [6.07, 6.45) is 3.17. The molecular formula is C25H27ClFNO3. The first-order chi connectivity index (χ1) is 14.9. The number of carbonyl (C=O) groups excluding carboxylic acids is 2. The van der Waals surface area contributed by atoms with Crippen LogP contribution in [0.4, 0.5) is 4.39 Å². The second-order valence-corrected chi connectivity index (χ2v) is 9.08. The van der Waals surface area contributed by atoms with E-state index in [1.165, 1.54) is 13.2 Å². The van der Waals surface area contributed by atoms with Crippen LogP contribution >= 0.6 is 11.6 Å². The monoisotopic (exact) mass is 443 g/mol. The van der Waals surface area contributed by atoms with Gasteiger partial charge in [-0.1, -0.05) is 29.8 Å². The lowest BCUT2D eigenvalue weighted by Gasteiger charge is -2.39. The SMILES string of the molecule is COc1ccc(C2CCN(C(=O)C3CC3)CC2CC(=O)Cc2ccc(Cl)cc2)c(F)c1. The van der Waals surface area contributed by atoms with Gasteiger partial charge in [0.05, 0.1) is 7.11 Å². The fourth-order valence-corrected chi connectivity index (χ4v) is 4.69. The highest BCUT2D eigenvalue weighted by Gasteiger charge is 2.39. The summed E-state index contributed by atoms with van der Waals surface area (Å²) in [6.45, 7) is 1.10. The van der Waals surface area contributed by atoms with Gasteiger partial charge in [0.2, 0.25) is 5.91 Å². The normalized spacial score (nSPS) is 21.1. The maximum Gasteiger partial charge on any atom is 0.225 e. The standard InChI is InChI=1S/C25H27ClFNO3/c1-31-21-8-9-23(24(27)14-21)22-10-11-28(25(30)17-4-5-17)15-18(22)13-20(29)12-16-2-6-19(26)7-3-16/h2-3,6-9,14,17-18,22H,4-5,10-13,15H2,1H3. The van der Waals surface area contributed by atoms with Gasteiger partial charge >= 0.3 is 0 Å². The van der Waals surface area contributed by atoms with Crippen LogP contribution in [0.25, 0.3) is 0 Å². The Morgan fingerprint density at radius 1 is 1.13 bits per heavy atom. The smallest absolute Gasteiger partial charge is 0.225 e. The molecule has 1 aliphatic heterocycles. The molecule has 0 aromatic heterocycles. The van der Waals surface area contributed by atoms with Crippen LogP contribution in [0.2, 0.25) is 5.02 Å². The number of piperidine rings is 1. The maximum atomic E-state index is 14.9. The second-order valence-electron chi connectivity index (χ2n) is 8.65. The van der Waals surface area contributed by atoms with Crippen LogP contribution < -0.4 is 4.74 Å². The van der Waals surface area contributed by atoms with Gasteiger partial charge < -0.3 is 9.64 Å². The number of methoxy groups -OCH3 is 1. The van der Waals surface area contributed by atoms with E-state index < -0.39 is 0 Å². The predicted octanol–water partition coefficient (Wildman–Crippen LogP) is 5.03. The van der Waals surface area contributed by atoms with Gasteiger partial charge in [0.15, 0.2) is 0 Å². The molecule has 1 heterocycles. The van der Waals surface area contributed by atoms with Gasteiger partial charge in [-0.2, -0.15) is 0 Å². The molecule has 2 unspecified atom stereocenters. The number of ketones is 1. The number of likely N-dealkylation sites (tertiary alicyclic amines) is 1. The molecule has 6 heteroatoms. The van der Waals surface area contributed by atoms with Crippen LogP contribution in [0, 0.1) is 17.7 Å². The lowest BCUT2D eigenvalue weighted by Crippen LogP contribution is -2.44. The topological polar surface area (TPSA) is 46.6 Å². The Balaban J connectivity index is 1.52. The number of carbonyl (C=O) groups is 2. The molecule has 2 atom stereocenters. The van der Waals surface area contributed by atoms with Crippen LogP contribution in [0.3, 0.4) is 0 Å².